The molecule has 2 rings (SSSR count). The monoisotopic (exact) mass is 285 g/mol. The van der Waals surface area contributed by atoms with Crippen molar-refractivity contribution in [2.24, 2.45) is 0 Å². The summed E-state index contributed by atoms with van der Waals surface area (Å²) >= 11 is 0. The standard InChI is InChI=1S/C13H23N3O4/c17-12(18)10-15-5-7-16(8-6-15)13(19)14-4-3-11-2-1-9-20-11/h11H,1-10H2,(H,14,19)(H,17,18). The first-order chi connectivity index (χ1) is 9.65. The Morgan fingerprint density at radius 3 is 2.60 bits per heavy atom. The second kappa shape index (κ2) is 7.44. The number of carboxylic acids is 1. The van der Waals surface area contributed by atoms with Crippen LogP contribution in [0.1, 0.15) is 19.3 Å². The molecule has 2 saturated heterocycles. The van der Waals surface area contributed by atoms with Crippen LogP contribution < -0.4 is 5.32 Å². The van der Waals surface area contributed by atoms with E-state index in [1.54, 1.807) is 4.90 Å². The van der Waals surface area contributed by atoms with E-state index in [4.69, 9.17) is 9.84 Å². The van der Waals surface area contributed by atoms with Crippen molar-refractivity contribution >= 4 is 12.0 Å². The molecule has 0 spiro atoms. The summed E-state index contributed by atoms with van der Waals surface area (Å²) in [7, 11) is 0. The molecule has 20 heavy (non-hydrogen) atoms. The third kappa shape index (κ3) is 4.64. The SMILES string of the molecule is O=C(O)CN1CCN(C(=O)NCCC2CCCO2)CC1. The summed E-state index contributed by atoms with van der Waals surface area (Å²) in [5, 5.41) is 11.6. The second-order valence-electron chi connectivity index (χ2n) is 5.31. The summed E-state index contributed by atoms with van der Waals surface area (Å²) in [6.45, 7) is 3.92. The molecule has 0 bridgehead atoms. The highest BCUT2D eigenvalue weighted by molar-refractivity contribution is 5.74. The number of piperazine rings is 1. The highest BCUT2D eigenvalue weighted by atomic mass is 16.5. The molecule has 114 valence electrons. The van der Waals surface area contributed by atoms with Crippen molar-refractivity contribution in [3.05, 3.63) is 0 Å². The normalized spacial score (nSPS) is 23.8. The van der Waals surface area contributed by atoms with Gasteiger partial charge >= 0.3 is 12.0 Å². The van der Waals surface area contributed by atoms with E-state index in [1.165, 1.54) is 0 Å². The summed E-state index contributed by atoms with van der Waals surface area (Å²) in [5.41, 5.74) is 0. The maximum atomic E-state index is 11.9. The summed E-state index contributed by atoms with van der Waals surface area (Å²) in [6, 6.07) is -0.0574. The fourth-order valence-corrected chi connectivity index (χ4v) is 2.62. The predicted molar refractivity (Wildman–Crippen MR) is 72.6 cm³/mol. The van der Waals surface area contributed by atoms with Crippen LogP contribution in [0.4, 0.5) is 4.79 Å². The number of carboxylic acid groups (broad SMARTS) is 1. The highest BCUT2D eigenvalue weighted by Gasteiger charge is 2.22. The number of nitrogens with one attached hydrogen (secondary N) is 1. The van der Waals surface area contributed by atoms with Crippen LogP contribution in [-0.2, 0) is 9.53 Å². The van der Waals surface area contributed by atoms with Crippen molar-refractivity contribution < 1.29 is 19.4 Å². The Bertz CT molecular complexity index is 337. The smallest absolute Gasteiger partial charge is 0.317 e. The fourth-order valence-electron chi connectivity index (χ4n) is 2.62. The van der Waals surface area contributed by atoms with E-state index in [2.05, 4.69) is 5.32 Å². The highest BCUT2D eigenvalue weighted by Crippen LogP contribution is 2.14. The van der Waals surface area contributed by atoms with E-state index >= 15 is 0 Å². The molecule has 0 aromatic rings. The molecule has 2 N–H and O–H groups in total. The molecule has 7 nitrogen and oxygen atoms in total. The number of nitrogens with zero attached hydrogens (tertiary/aromatic N) is 2. The van der Waals surface area contributed by atoms with Crippen molar-refractivity contribution in [1.29, 1.82) is 0 Å². The number of carbonyl (C=O) groups excluding carboxylic acids is 1. The quantitative estimate of drug-likeness (QED) is 0.741. The van der Waals surface area contributed by atoms with Crippen LogP contribution >= 0.6 is 0 Å². The molecule has 2 aliphatic heterocycles. The molecule has 2 amide bonds. The molecule has 0 aromatic carbocycles. The van der Waals surface area contributed by atoms with E-state index in [-0.39, 0.29) is 12.6 Å². The predicted octanol–water partition coefficient (Wildman–Crippen LogP) is -0.0327. The fraction of sp³-hybridized carbons (Fsp3) is 0.846. The first-order valence-electron chi connectivity index (χ1n) is 7.23. The van der Waals surface area contributed by atoms with E-state index in [0.717, 1.165) is 25.9 Å². The van der Waals surface area contributed by atoms with E-state index in [9.17, 15) is 9.59 Å². The van der Waals surface area contributed by atoms with Gasteiger partial charge in [-0.15, -0.1) is 0 Å². The number of urea groups is 1. The zero-order valence-corrected chi connectivity index (χ0v) is 11.7. The minimum Gasteiger partial charge on any atom is -0.480 e. The topological polar surface area (TPSA) is 82.1 Å². The lowest BCUT2D eigenvalue weighted by Crippen LogP contribution is -2.52. The first-order valence-corrected chi connectivity index (χ1v) is 7.23. The van der Waals surface area contributed by atoms with Crippen molar-refractivity contribution in [2.75, 3.05) is 45.9 Å². The molecule has 2 fully saturated rings. The molecule has 1 unspecified atom stereocenters. The van der Waals surface area contributed by atoms with Gasteiger partial charge < -0.3 is 20.1 Å². The number of aliphatic carboxylic acids is 1. The zero-order valence-electron chi connectivity index (χ0n) is 11.7. The van der Waals surface area contributed by atoms with E-state index < -0.39 is 5.97 Å². The Balaban J connectivity index is 1.60. The van der Waals surface area contributed by atoms with Crippen LogP contribution in [0.25, 0.3) is 0 Å². The molecule has 2 aliphatic rings. The van der Waals surface area contributed by atoms with Gasteiger partial charge in [0.15, 0.2) is 0 Å². The van der Waals surface area contributed by atoms with Crippen molar-refractivity contribution in [3.8, 4) is 0 Å². The second-order valence-corrected chi connectivity index (χ2v) is 5.31. The third-order valence-corrected chi connectivity index (χ3v) is 3.78. The maximum Gasteiger partial charge on any atom is 0.317 e. The number of carbonyl (C=O) groups is 2. The van der Waals surface area contributed by atoms with E-state index in [0.29, 0.717) is 38.8 Å². The lowest BCUT2D eigenvalue weighted by molar-refractivity contribution is -0.138. The van der Waals surface area contributed by atoms with Crippen LogP contribution in [-0.4, -0.2) is 78.9 Å². The molecule has 7 heteroatoms. The van der Waals surface area contributed by atoms with Crippen LogP contribution in [0.15, 0.2) is 0 Å². The van der Waals surface area contributed by atoms with Gasteiger partial charge in [0.25, 0.3) is 0 Å². The van der Waals surface area contributed by atoms with Gasteiger partial charge in [-0.25, -0.2) is 4.79 Å². The lowest BCUT2D eigenvalue weighted by Gasteiger charge is -2.33. The van der Waals surface area contributed by atoms with Gasteiger partial charge in [0.2, 0.25) is 0 Å². The number of rotatable bonds is 5. The molecule has 2 heterocycles. The van der Waals surface area contributed by atoms with Crippen molar-refractivity contribution in [1.82, 2.24) is 15.1 Å². The van der Waals surface area contributed by atoms with Crippen LogP contribution in [0, 0.1) is 0 Å². The molecule has 0 saturated carbocycles. The van der Waals surface area contributed by atoms with Crippen molar-refractivity contribution in [3.63, 3.8) is 0 Å². The van der Waals surface area contributed by atoms with Gasteiger partial charge in [0.1, 0.15) is 0 Å². The number of amides is 2. The van der Waals surface area contributed by atoms with Crippen LogP contribution in [0.3, 0.4) is 0 Å². The summed E-state index contributed by atoms with van der Waals surface area (Å²) in [6.07, 6.45) is 3.36. The minimum absolute atomic E-state index is 0.0501. The molecule has 0 aliphatic carbocycles. The van der Waals surface area contributed by atoms with Gasteiger partial charge in [0, 0.05) is 39.3 Å². The first kappa shape index (κ1) is 15.1. The molecule has 0 radical (unpaired) electrons. The van der Waals surface area contributed by atoms with E-state index in [1.807, 2.05) is 4.90 Å². The van der Waals surface area contributed by atoms with Crippen LogP contribution in [0.2, 0.25) is 0 Å². The molecular weight excluding hydrogens is 262 g/mol. The summed E-state index contributed by atoms with van der Waals surface area (Å²) in [4.78, 5) is 26.1. The molecule has 0 aromatic heterocycles. The lowest BCUT2D eigenvalue weighted by atomic mass is 10.2. The van der Waals surface area contributed by atoms with Crippen LogP contribution in [0.5, 0.6) is 0 Å². The van der Waals surface area contributed by atoms with Gasteiger partial charge in [-0.2, -0.15) is 0 Å². The molecular formula is C13H23N3O4. The summed E-state index contributed by atoms with van der Waals surface area (Å²) in [5.74, 6) is -0.820. The number of hydrogen-bond donors (Lipinski definition) is 2. The minimum atomic E-state index is -0.820. The van der Waals surface area contributed by atoms with Crippen molar-refractivity contribution in [2.45, 2.75) is 25.4 Å². The average molecular weight is 285 g/mol. The third-order valence-electron chi connectivity index (χ3n) is 3.78. The maximum absolute atomic E-state index is 11.9. The largest absolute Gasteiger partial charge is 0.480 e. The van der Waals surface area contributed by atoms with Gasteiger partial charge in [-0.1, -0.05) is 0 Å². The average Bonchev–Trinajstić information content (AvgIpc) is 2.92. The Kier molecular flexibility index (Phi) is 5.60. The van der Waals surface area contributed by atoms with Gasteiger partial charge in [0.05, 0.1) is 12.6 Å². The number of hydrogen-bond acceptors (Lipinski definition) is 4. The van der Waals surface area contributed by atoms with Gasteiger partial charge in [-0.05, 0) is 19.3 Å². The Morgan fingerprint density at radius 2 is 2.00 bits per heavy atom. The Morgan fingerprint density at radius 1 is 1.25 bits per heavy atom. The number of ether oxygens (including phenoxy) is 1. The molecule has 1 atom stereocenters. The Hall–Kier alpha value is -1.34. The van der Waals surface area contributed by atoms with Gasteiger partial charge in [-0.3, -0.25) is 9.69 Å². The summed E-state index contributed by atoms with van der Waals surface area (Å²) < 4.78 is 5.50. The zero-order chi connectivity index (χ0) is 14.4. The Labute approximate surface area is 118 Å².